The first-order chi connectivity index (χ1) is 12.4. The Bertz CT molecular complexity index is 640. The van der Waals surface area contributed by atoms with Crippen molar-refractivity contribution in [1.82, 2.24) is 14.3 Å². The predicted octanol–water partition coefficient (Wildman–Crippen LogP) is 4.10. The molecular weight excluding hydrogens is 338 g/mol. The number of aromatic nitrogens is 3. The number of nitrogens with zero attached hydrogens (tertiary/aromatic N) is 3. The molecule has 0 aliphatic heterocycles. The Morgan fingerprint density at radius 1 is 1.23 bits per heavy atom. The lowest BCUT2D eigenvalue weighted by Gasteiger charge is -2.28. The molecule has 0 saturated heterocycles. The van der Waals surface area contributed by atoms with Gasteiger partial charge >= 0.3 is 5.69 Å². The average Bonchev–Trinajstić information content (AvgIpc) is 2.92. The Morgan fingerprint density at radius 2 is 1.85 bits per heavy atom. The maximum Gasteiger partial charge on any atom is 0.346 e. The van der Waals surface area contributed by atoms with Crippen LogP contribution >= 0.6 is 0 Å². The summed E-state index contributed by atoms with van der Waals surface area (Å²) < 4.78 is 28.2. The second-order valence-corrected chi connectivity index (χ2v) is 7.71. The lowest BCUT2D eigenvalue weighted by Crippen LogP contribution is -2.29. The molecule has 1 aromatic heterocycles. The zero-order valence-corrected chi connectivity index (χ0v) is 16.0. The summed E-state index contributed by atoms with van der Waals surface area (Å²) in [4.78, 5) is 12.5. The molecule has 2 rings (SSSR count). The van der Waals surface area contributed by atoms with E-state index >= 15 is 0 Å². The molecule has 1 aromatic rings. The van der Waals surface area contributed by atoms with Crippen molar-refractivity contribution < 1.29 is 8.78 Å². The molecule has 1 aliphatic carbocycles. The third-order valence-corrected chi connectivity index (χ3v) is 5.75. The van der Waals surface area contributed by atoms with Crippen LogP contribution in [0.3, 0.4) is 0 Å². The van der Waals surface area contributed by atoms with Gasteiger partial charge in [-0.05, 0) is 25.2 Å². The summed E-state index contributed by atoms with van der Waals surface area (Å²) in [6.07, 6.45) is 9.65. The van der Waals surface area contributed by atoms with E-state index in [4.69, 9.17) is 5.73 Å². The number of nitrogens with two attached hydrogens (primary N) is 1. The van der Waals surface area contributed by atoms with E-state index in [2.05, 4.69) is 12.0 Å². The van der Waals surface area contributed by atoms with Crippen LogP contribution < -0.4 is 11.4 Å². The lowest BCUT2D eigenvalue weighted by atomic mass is 9.80. The fourth-order valence-corrected chi connectivity index (χ4v) is 4.04. The summed E-state index contributed by atoms with van der Waals surface area (Å²) in [5.74, 6) is 1.23. The minimum atomic E-state index is -1.83. The zero-order valence-electron chi connectivity index (χ0n) is 16.0. The van der Waals surface area contributed by atoms with Gasteiger partial charge in [-0.3, -0.25) is 4.57 Å². The van der Waals surface area contributed by atoms with Crippen LogP contribution in [-0.2, 0) is 6.54 Å². The van der Waals surface area contributed by atoms with E-state index in [-0.39, 0.29) is 30.4 Å². The van der Waals surface area contributed by atoms with E-state index in [1.807, 2.05) is 6.92 Å². The average molecular weight is 370 g/mol. The molecule has 0 amide bonds. The summed E-state index contributed by atoms with van der Waals surface area (Å²) in [7, 11) is 0. The van der Waals surface area contributed by atoms with Gasteiger partial charge in [0.2, 0.25) is 0 Å². The standard InChI is InChI=1S/C19H32F2N4O/c1-14(16-8-6-4-3-5-7-9-16)10-15(2)24-13-23-25(19(24)26)12-17(11-22)18(20)21/h13-16H,3-12,22H2,1-2H3. The molecule has 0 aromatic carbocycles. The Labute approximate surface area is 154 Å². The van der Waals surface area contributed by atoms with Crippen LogP contribution in [0.1, 0.15) is 71.3 Å². The van der Waals surface area contributed by atoms with E-state index < -0.39 is 6.08 Å². The van der Waals surface area contributed by atoms with Crippen LogP contribution in [0.15, 0.2) is 22.8 Å². The largest absolute Gasteiger partial charge is 0.346 e. The molecule has 2 unspecified atom stereocenters. The predicted molar refractivity (Wildman–Crippen MR) is 99.1 cm³/mol. The van der Waals surface area contributed by atoms with Crippen LogP contribution in [-0.4, -0.2) is 20.9 Å². The van der Waals surface area contributed by atoms with Crippen molar-refractivity contribution >= 4 is 0 Å². The molecule has 2 N–H and O–H groups in total. The number of rotatable bonds is 7. The molecular formula is C19H32F2N4O. The number of halogens is 2. The Hall–Kier alpha value is -1.50. The highest BCUT2D eigenvalue weighted by atomic mass is 19.3. The lowest BCUT2D eigenvalue weighted by molar-refractivity contribution is 0.242. The van der Waals surface area contributed by atoms with Gasteiger partial charge in [-0.2, -0.15) is 13.9 Å². The van der Waals surface area contributed by atoms with Crippen molar-refractivity contribution in [1.29, 1.82) is 0 Å². The molecule has 1 heterocycles. The summed E-state index contributed by atoms with van der Waals surface area (Å²) >= 11 is 0. The highest BCUT2D eigenvalue weighted by molar-refractivity contribution is 5.03. The maximum absolute atomic E-state index is 12.8. The van der Waals surface area contributed by atoms with Gasteiger partial charge < -0.3 is 5.73 Å². The van der Waals surface area contributed by atoms with Crippen molar-refractivity contribution in [3.05, 3.63) is 28.5 Å². The molecule has 0 bridgehead atoms. The SMILES string of the molecule is CC(CC(C)n1cnn(CC(CN)=C(F)F)c1=O)C1CCCCCCC1. The normalized spacial score (nSPS) is 18.8. The molecule has 5 nitrogen and oxygen atoms in total. The van der Waals surface area contributed by atoms with Gasteiger partial charge in [-0.25, -0.2) is 9.48 Å². The van der Waals surface area contributed by atoms with Crippen molar-refractivity contribution in [3.63, 3.8) is 0 Å². The molecule has 26 heavy (non-hydrogen) atoms. The summed E-state index contributed by atoms with van der Waals surface area (Å²) in [6, 6.07) is -0.00257. The molecule has 1 saturated carbocycles. The summed E-state index contributed by atoms with van der Waals surface area (Å²) in [6.45, 7) is 3.74. The monoisotopic (exact) mass is 370 g/mol. The molecule has 0 spiro atoms. The molecule has 1 fully saturated rings. The van der Waals surface area contributed by atoms with Crippen molar-refractivity contribution in [3.8, 4) is 0 Å². The van der Waals surface area contributed by atoms with Crippen molar-refractivity contribution in [2.75, 3.05) is 6.54 Å². The number of hydrogen-bond acceptors (Lipinski definition) is 3. The Kier molecular flexibility index (Phi) is 8.00. The summed E-state index contributed by atoms with van der Waals surface area (Å²) in [5, 5.41) is 4.00. The van der Waals surface area contributed by atoms with Gasteiger partial charge in [0, 0.05) is 18.2 Å². The summed E-state index contributed by atoms with van der Waals surface area (Å²) in [5.41, 5.74) is 4.71. The second-order valence-electron chi connectivity index (χ2n) is 7.71. The quantitative estimate of drug-likeness (QED) is 0.786. The topological polar surface area (TPSA) is 65.8 Å². The van der Waals surface area contributed by atoms with Crippen LogP contribution in [0.4, 0.5) is 8.78 Å². The first kappa shape index (κ1) is 20.8. The molecule has 0 radical (unpaired) electrons. The molecule has 148 valence electrons. The smallest absolute Gasteiger partial charge is 0.327 e. The molecule has 2 atom stereocenters. The first-order valence-corrected chi connectivity index (χ1v) is 9.81. The maximum atomic E-state index is 12.8. The molecule has 1 aliphatic rings. The van der Waals surface area contributed by atoms with Crippen LogP contribution in [0, 0.1) is 11.8 Å². The van der Waals surface area contributed by atoms with E-state index in [9.17, 15) is 13.6 Å². The third kappa shape index (κ3) is 5.50. The van der Waals surface area contributed by atoms with Crippen LogP contribution in [0.5, 0.6) is 0 Å². The fraction of sp³-hybridized carbons (Fsp3) is 0.789. The Balaban J connectivity index is 2.02. The minimum absolute atomic E-state index is 0.00257. The third-order valence-electron chi connectivity index (χ3n) is 5.75. The van der Waals surface area contributed by atoms with Crippen LogP contribution in [0.25, 0.3) is 0 Å². The van der Waals surface area contributed by atoms with Gasteiger partial charge in [0.1, 0.15) is 6.33 Å². The Morgan fingerprint density at radius 3 is 2.42 bits per heavy atom. The van der Waals surface area contributed by atoms with Crippen molar-refractivity contribution in [2.24, 2.45) is 17.6 Å². The van der Waals surface area contributed by atoms with Gasteiger partial charge in [0.15, 0.2) is 0 Å². The van der Waals surface area contributed by atoms with Gasteiger partial charge in [0.25, 0.3) is 6.08 Å². The van der Waals surface area contributed by atoms with Gasteiger partial charge in [0.05, 0.1) is 6.54 Å². The van der Waals surface area contributed by atoms with E-state index in [0.717, 1.165) is 11.1 Å². The highest BCUT2D eigenvalue weighted by Crippen LogP contribution is 2.32. The van der Waals surface area contributed by atoms with Crippen LogP contribution in [0.2, 0.25) is 0 Å². The van der Waals surface area contributed by atoms with E-state index in [1.165, 1.54) is 51.3 Å². The van der Waals surface area contributed by atoms with E-state index in [0.29, 0.717) is 11.8 Å². The first-order valence-electron chi connectivity index (χ1n) is 9.81. The minimum Gasteiger partial charge on any atom is -0.327 e. The number of hydrogen-bond donors (Lipinski definition) is 1. The fourth-order valence-electron chi connectivity index (χ4n) is 4.04. The van der Waals surface area contributed by atoms with Gasteiger partial charge in [-0.1, -0.05) is 51.9 Å². The van der Waals surface area contributed by atoms with Crippen molar-refractivity contribution in [2.45, 2.75) is 77.8 Å². The highest BCUT2D eigenvalue weighted by Gasteiger charge is 2.22. The van der Waals surface area contributed by atoms with E-state index in [1.54, 1.807) is 4.57 Å². The molecule has 7 heteroatoms. The van der Waals surface area contributed by atoms with Gasteiger partial charge in [-0.15, -0.1) is 0 Å². The second kappa shape index (κ2) is 10.00. The zero-order chi connectivity index (χ0) is 19.1.